The Bertz CT molecular complexity index is 829. The maximum absolute atomic E-state index is 12.4. The van der Waals surface area contributed by atoms with Gasteiger partial charge in [0.1, 0.15) is 0 Å². The van der Waals surface area contributed by atoms with Gasteiger partial charge in [0.05, 0.1) is 12.8 Å². The maximum atomic E-state index is 12.4. The van der Waals surface area contributed by atoms with Gasteiger partial charge >= 0.3 is 5.97 Å². The van der Waals surface area contributed by atoms with Crippen molar-refractivity contribution in [1.82, 2.24) is 0 Å². The van der Waals surface area contributed by atoms with Crippen LogP contribution in [0.2, 0.25) is 0 Å². The van der Waals surface area contributed by atoms with Gasteiger partial charge in [-0.05, 0) is 35.2 Å². The van der Waals surface area contributed by atoms with Crippen molar-refractivity contribution in [3.63, 3.8) is 0 Å². The highest BCUT2D eigenvalue weighted by Crippen LogP contribution is 2.25. The van der Waals surface area contributed by atoms with E-state index in [1.54, 1.807) is 50.1 Å². The number of carbonyl (C=O) groups is 3. The van der Waals surface area contributed by atoms with Gasteiger partial charge in [0, 0.05) is 24.8 Å². The van der Waals surface area contributed by atoms with Crippen molar-refractivity contribution in [1.29, 1.82) is 0 Å². The lowest BCUT2D eigenvalue weighted by Gasteiger charge is -2.21. The normalized spacial score (nSPS) is 11.0. The highest BCUT2D eigenvalue weighted by atomic mass is 16.4. The number of likely N-dealkylation sites (N-methyl/N-ethyl adjacent to an activating group) is 1. The van der Waals surface area contributed by atoms with Crippen LogP contribution in [0.5, 0.6) is 0 Å². The Hall–Kier alpha value is -3.15. The van der Waals surface area contributed by atoms with Gasteiger partial charge < -0.3 is 15.3 Å². The quantitative estimate of drug-likeness (QED) is 0.728. The number of nitrogens with one attached hydrogen (secondary N) is 1. The van der Waals surface area contributed by atoms with Gasteiger partial charge in [-0.3, -0.25) is 14.4 Å². The molecule has 6 heteroatoms. The number of carboxylic acid groups (broad SMARTS) is 1. The summed E-state index contributed by atoms with van der Waals surface area (Å²) in [6, 6.07) is 16.5. The molecule has 2 N–H and O–H groups in total. The molecule has 0 aliphatic rings. The summed E-state index contributed by atoms with van der Waals surface area (Å²) in [5.74, 6) is -1.19. The van der Waals surface area contributed by atoms with E-state index in [4.69, 9.17) is 5.11 Å². The van der Waals surface area contributed by atoms with E-state index in [2.05, 4.69) is 5.32 Å². The molecular formula is C22H26N2O4. The maximum Gasteiger partial charge on any atom is 0.303 e. The lowest BCUT2D eigenvalue weighted by Crippen LogP contribution is -2.27. The number of aliphatic carboxylic acids is 1. The Morgan fingerprint density at radius 3 is 2.14 bits per heavy atom. The lowest BCUT2D eigenvalue weighted by molar-refractivity contribution is -0.139. The summed E-state index contributed by atoms with van der Waals surface area (Å²) >= 11 is 0. The smallest absolute Gasteiger partial charge is 0.303 e. The van der Waals surface area contributed by atoms with E-state index in [0.717, 1.165) is 11.3 Å². The molecule has 0 aliphatic carbocycles. The molecule has 0 fully saturated rings. The zero-order valence-corrected chi connectivity index (χ0v) is 16.4. The van der Waals surface area contributed by atoms with Crippen molar-refractivity contribution in [3.8, 4) is 0 Å². The van der Waals surface area contributed by atoms with Gasteiger partial charge in [0.2, 0.25) is 11.8 Å². The zero-order valence-electron chi connectivity index (χ0n) is 16.4. The molecule has 0 aromatic heterocycles. The molecule has 2 rings (SSSR count). The van der Waals surface area contributed by atoms with Crippen molar-refractivity contribution in [2.75, 3.05) is 17.3 Å². The van der Waals surface area contributed by atoms with E-state index < -0.39 is 11.4 Å². The second kappa shape index (κ2) is 9.17. The first kappa shape index (κ1) is 21.2. The SMILES string of the molecule is CN(C(=O)Cc1ccc(NC(=O)CC(C)(C)CC(=O)O)cc1)c1ccccc1. The summed E-state index contributed by atoms with van der Waals surface area (Å²) in [6.07, 6.45) is 0.295. The molecule has 0 atom stereocenters. The predicted octanol–water partition coefficient (Wildman–Crippen LogP) is 3.72. The first-order valence-corrected chi connectivity index (χ1v) is 9.08. The standard InChI is InChI=1S/C22H26N2O4/c1-22(2,15-21(27)28)14-19(25)23-17-11-9-16(10-12-17)13-20(26)24(3)18-7-5-4-6-8-18/h4-12H,13-15H2,1-3H3,(H,23,25)(H,27,28). The van der Waals surface area contributed by atoms with Crippen LogP contribution in [0, 0.1) is 5.41 Å². The molecule has 0 bridgehead atoms. The van der Waals surface area contributed by atoms with Crippen molar-refractivity contribution in [2.24, 2.45) is 5.41 Å². The molecule has 0 spiro atoms. The number of benzene rings is 2. The highest BCUT2D eigenvalue weighted by Gasteiger charge is 2.25. The predicted molar refractivity (Wildman–Crippen MR) is 109 cm³/mol. The summed E-state index contributed by atoms with van der Waals surface area (Å²) in [7, 11) is 1.74. The Labute approximate surface area is 165 Å². The fourth-order valence-electron chi connectivity index (χ4n) is 2.91. The Morgan fingerprint density at radius 2 is 1.57 bits per heavy atom. The van der Waals surface area contributed by atoms with Crippen LogP contribution in [0.1, 0.15) is 32.3 Å². The first-order chi connectivity index (χ1) is 13.2. The molecule has 0 heterocycles. The molecule has 2 amide bonds. The topological polar surface area (TPSA) is 86.7 Å². The van der Waals surface area contributed by atoms with Crippen LogP contribution in [0.25, 0.3) is 0 Å². The second-order valence-corrected chi connectivity index (χ2v) is 7.62. The third kappa shape index (κ3) is 6.54. The fourth-order valence-corrected chi connectivity index (χ4v) is 2.91. The van der Waals surface area contributed by atoms with Crippen LogP contribution in [-0.2, 0) is 20.8 Å². The van der Waals surface area contributed by atoms with Gasteiger partial charge in [-0.15, -0.1) is 0 Å². The number of hydrogen-bond donors (Lipinski definition) is 2. The number of para-hydroxylation sites is 1. The number of carbonyl (C=O) groups excluding carboxylic acids is 2. The van der Waals surface area contributed by atoms with Crippen LogP contribution >= 0.6 is 0 Å². The summed E-state index contributed by atoms with van der Waals surface area (Å²) in [6.45, 7) is 3.50. The average molecular weight is 382 g/mol. The Morgan fingerprint density at radius 1 is 0.964 bits per heavy atom. The molecule has 148 valence electrons. The summed E-state index contributed by atoms with van der Waals surface area (Å²) in [5.41, 5.74) is 1.67. The second-order valence-electron chi connectivity index (χ2n) is 7.62. The van der Waals surface area contributed by atoms with Crippen LogP contribution in [0.4, 0.5) is 11.4 Å². The molecule has 0 unspecified atom stereocenters. The van der Waals surface area contributed by atoms with Gasteiger partial charge in [-0.1, -0.05) is 44.2 Å². The third-order valence-corrected chi connectivity index (χ3v) is 4.38. The molecule has 6 nitrogen and oxygen atoms in total. The number of anilines is 2. The van der Waals surface area contributed by atoms with Gasteiger partial charge in [0.15, 0.2) is 0 Å². The summed E-state index contributed by atoms with van der Waals surface area (Å²) < 4.78 is 0. The molecule has 0 radical (unpaired) electrons. The zero-order chi connectivity index (χ0) is 20.7. The Balaban J connectivity index is 1.91. The summed E-state index contributed by atoms with van der Waals surface area (Å²) in [5, 5.41) is 11.7. The van der Waals surface area contributed by atoms with Crippen LogP contribution < -0.4 is 10.2 Å². The molecule has 2 aromatic carbocycles. The van der Waals surface area contributed by atoms with Crippen LogP contribution in [0.15, 0.2) is 54.6 Å². The molecular weight excluding hydrogens is 356 g/mol. The highest BCUT2D eigenvalue weighted by molar-refractivity contribution is 5.94. The minimum Gasteiger partial charge on any atom is -0.481 e. The minimum absolute atomic E-state index is 0.0293. The molecule has 0 saturated carbocycles. The fraction of sp³-hybridized carbons (Fsp3) is 0.318. The Kier molecular flexibility index (Phi) is 6.93. The monoisotopic (exact) mass is 382 g/mol. The lowest BCUT2D eigenvalue weighted by atomic mass is 9.85. The van der Waals surface area contributed by atoms with Gasteiger partial charge in [-0.25, -0.2) is 0 Å². The van der Waals surface area contributed by atoms with Crippen molar-refractivity contribution < 1.29 is 19.5 Å². The minimum atomic E-state index is -0.924. The molecule has 2 aromatic rings. The van der Waals surface area contributed by atoms with Crippen molar-refractivity contribution >= 4 is 29.2 Å². The number of carboxylic acids is 1. The van der Waals surface area contributed by atoms with Gasteiger partial charge in [-0.2, -0.15) is 0 Å². The molecule has 0 saturated heterocycles. The first-order valence-electron chi connectivity index (χ1n) is 9.08. The third-order valence-electron chi connectivity index (χ3n) is 4.38. The van der Waals surface area contributed by atoms with Gasteiger partial charge in [0.25, 0.3) is 0 Å². The van der Waals surface area contributed by atoms with Crippen LogP contribution in [-0.4, -0.2) is 29.9 Å². The van der Waals surface area contributed by atoms with Crippen LogP contribution in [0.3, 0.4) is 0 Å². The number of hydrogen-bond acceptors (Lipinski definition) is 3. The van der Waals surface area contributed by atoms with E-state index >= 15 is 0 Å². The summed E-state index contributed by atoms with van der Waals surface area (Å²) in [4.78, 5) is 37.0. The van der Waals surface area contributed by atoms with E-state index in [1.165, 1.54) is 0 Å². The average Bonchev–Trinajstić information content (AvgIpc) is 2.61. The number of nitrogens with zero attached hydrogens (tertiary/aromatic N) is 1. The van der Waals surface area contributed by atoms with E-state index in [9.17, 15) is 14.4 Å². The molecule has 28 heavy (non-hydrogen) atoms. The number of rotatable bonds is 8. The van der Waals surface area contributed by atoms with Crippen molar-refractivity contribution in [2.45, 2.75) is 33.1 Å². The van der Waals surface area contributed by atoms with E-state index in [0.29, 0.717) is 5.69 Å². The van der Waals surface area contributed by atoms with Crippen molar-refractivity contribution in [3.05, 3.63) is 60.2 Å². The number of amides is 2. The molecule has 0 aliphatic heterocycles. The largest absolute Gasteiger partial charge is 0.481 e. The van der Waals surface area contributed by atoms with E-state index in [-0.39, 0.29) is 31.1 Å². The van der Waals surface area contributed by atoms with E-state index in [1.807, 2.05) is 30.3 Å².